The number of anilines is 1. The molecule has 41 heavy (non-hydrogen) atoms. The van der Waals surface area contributed by atoms with Crippen LogP contribution in [0.1, 0.15) is 39.2 Å². The monoisotopic (exact) mass is 582 g/mol. The van der Waals surface area contributed by atoms with Crippen LogP contribution in [-0.2, 0) is 14.8 Å². The van der Waals surface area contributed by atoms with Crippen molar-refractivity contribution < 1.29 is 22.7 Å². The number of nitrogens with zero attached hydrogens (tertiary/aromatic N) is 4. The lowest BCUT2D eigenvalue weighted by molar-refractivity contribution is -0.118. The van der Waals surface area contributed by atoms with Gasteiger partial charge in [0.1, 0.15) is 17.2 Å². The van der Waals surface area contributed by atoms with E-state index >= 15 is 0 Å². The molecule has 2 heterocycles. The van der Waals surface area contributed by atoms with Gasteiger partial charge >= 0.3 is 0 Å². The number of nitrogens with one attached hydrogen (secondary N) is 1. The highest BCUT2D eigenvalue weighted by Gasteiger charge is 2.33. The second-order valence-electron chi connectivity index (χ2n) is 9.72. The van der Waals surface area contributed by atoms with Crippen LogP contribution in [-0.4, -0.2) is 69.4 Å². The fourth-order valence-corrected chi connectivity index (χ4v) is 6.32. The van der Waals surface area contributed by atoms with Gasteiger partial charge in [-0.3, -0.25) is 4.79 Å². The van der Waals surface area contributed by atoms with Gasteiger partial charge in [0.25, 0.3) is 5.91 Å². The number of hydrogen-bond acceptors (Lipinski definition) is 9. The zero-order valence-corrected chi connectivity index (χ0v) is 24.8. The molecule has 1 amide bonds. The summed E-state index contributed by atoms with van der Waals surface area (Å²) < 4.78 is 40.3. The Balaban J connectivity index is 1.67. The van der Waals surface area contributed by atoms with Crippen molar-refractivity contribution in [3.63, 3.8) is 0 Å². The maximum atomic E-state index is 13.8. The Morgan fingerprint density at radius 3 is 2.44 bits per heavy atom. The first-order valence-electron chi connectivity index (χ1n) is 13.6. The molecule has 0 radical (unpaired) electrons. The molecule has 220 valence electrons. The lowest BCUT2D eigenvalue weighted by atomic mass is 10.1. The summed E-state index contributed by atoms with van der Waals surface area (Å²) in [6.07, 6.45) is 1.38. The number of carbonyl (C=O) groups excluding carboxylic acids is 1. The lowest BCUT2D eigenvalue weighted by Gasteiger charge is -2.36. The Labute approximate surface area is 241 Å². The highest BCUT2D eigenvalue weighted by atomic mass is 32.2. The third-order valence-electron chi connectivity index (χ3n) is 6.88. The molecule has 0 unspecified atom stereocenters. The summed E-state index contributed by atoms with van der Waals surface area (Å²) in [7, 11) is -2.24. The summed E-state index contributed by atoms with van der Waals surface area (Å²) in [5.74, 6) is 0.826. The predicted octanol–water partition coefficient (Wildman–Crippen LogP) is 3.20. The van der Waals surface area contributed by atoms with E-state index < -0.39 is 15.9 Å². The number of para-hydroxylation sites is 2. The number of piperazine rings is 1. The predicted molar refractivity (Wildman–Crippen MR) is 159 cm³/mol. The molecule has 0 saturated carbocycles. The molecule has 3 N–H and O–H groups in total. The number of amides is 1. The summed E-state index contributed by atoms with van der Waals surface area (Å²) in [5.41, 5.74) is 8.35. The highest BCUT2D eigenvalue weighted by molar-refractivity contribution is 7.89. The number of hydrazone groups is 1. The number of ether oxygens (including phenoxy) is 2. The number of methoxy groups -OCH3 is 1. The van der Waals surface area contributed by atoms with Crippen molar-refractivity contribution in [3.8, 4) is 11.5 Å². The molecule has 0 aromatic heterocycles. The van der Waals surface area contributed by atoms with Crippen molar-refractivity contribution in [3.05, 3.63) is 71.7 Å². The summed E-state index contributed by atoms with van der Waals surface area (Å²) in [4.78, 5) is 15.3. The van der Waals surface area contributed by atoms with E-state index in [4.69, 9.17) is 15.2 Å². The molecule has 2 aliphatic heterocycles. The quantitative estimate of drug-likeness (QED) is 0.409. The number of benzene rings is 2. The van der Waals surface area contributed by atoms with E-state index in [2.05, 4.69) is 21.9 Å². The molecule has 1 fully saturated rings. The van der Waals surface area contributed by atoms with Gasteiger partial charge in [0, 0.05) is 37.6 Å². The Hall–Kier alpha value is -4.03. The van der Waals surface area contributed by atoms with Crippen LogP contribution in [0.15, 0.2) is 76.1 Å². The summed E-state index contributed by atoms with van der Waals surface area (Å²) in [6.45, 7) is 11.5. The van der Waals surface area contributed by atoms with E-state index in [0.717, 1.165) is 17.9 Å². The van der Waals surface area contributed by atoms with Crippen molar-refractivity contribution >= 4 is 27.5 Å². The number of hydrogen-bond donors (Lipinski definition) is 2. The third-order valence-corrected chi connectivity index (χ3v) is 8.77. The number of allylic oxidation sites excluding steroid dienone is 2. The van der Waals surface area contributed by atoms with Crippen molar-refractivity contribution in [2.24, 2.45) is 10.8 Å². The minimum absolute atomic E-state index is 0.0777. The molecule has 4 rings (SSSR count). The average molecular weight is 583 g/mol. The van der Waals surface area contributed by atoms with Crippen LogP contribution < -0.4 is 25.4 Å². The summed E-state index contributed by atoms with van der Waals surface area (Å²) >= 11 is 0. The van der Waals surface area contributed by atoms with Crippen molar-refractivity contribution in [1.82, 2.24) is 14.6 Å². The van der Waals surface area contributed by atoms with E-state index in [-0.39, 0.29) is 22.1 Å². The Kier molecular flexibility index (Phi) is 9.24. The van der Waals surface area contributed by atoms with E-state index in [9.17, 15) is 13.2 Å². The smallest absolute Gasteiger partial charge is 0.277 e. The van der Waals surface area contributed by atoms with Gasteiger partial charge in [-0.2, -0.15) is 4.31 Å². The van der Waals surface area contributed by atoms with E-state index in [0.29, 0.717) is 56.2 Å². The minimum atomic E-state index is -3.86. The number of nitrogens with two attached hydrogens (primary N) is 1. The zero-order chi connectivity index (χ0) is 29.7. The van der Waals surface area contributed by atoms with Crippen molar-refractivity contribution in [1.29, 1.82) is 0 Å². The molecule has 12 heteroatoms. The van der Waals surface area contributed by atoms with Gasteiger partial charge in [0.15, 0.2) is 5.84 Å². The number of amidine groups is 1. The van der Waals surface area contributed by atoms with Crippen LogP contribution in [0.4, 0.5) is 5.69 Å². The minimum Gasteiger partial charge on any atom is -0.495 e. The summed E-state index contributed by atoms with van der Waals surface area (Å²) in [6, 6.07) is 12.3. The first-order valence-corrected chi connectivity index (χ1v) is 15.1. The van der Waals surface area contributed by atoms with Gasteiger partial charge in [-0.25, -0.2) is 13.4 Å². The van der Waals surface area contributed by atoms with Crippen LogP contribution in [0.2, 0.25) is 0 Å². The van der Waals surface area contributed by atoms with Crippen LogP contribution >= 0.6 is 0 Å². The van der Waals surface area contributed by atoms with Crippen LogP contribution in [0.3, 0.4) is 0 Å². The number of rotatable bonds is 10. The summed E-state index contributed by atoms with van der Waals surface area (Å²) in [5, 5.41) is 8.83. The molecule has 2 aromatic rings. The fraction of sp³-hybridized carbons (Fsp3) is 0.379. The Bertz CT molecular complexity index is 1470. The van der Waals surface area contributed by atoms with Crippen LogP contribution in [0.25, 0.3) is 0 Å². The second kappa shape index (κ2) is 12.6. The fourth-order valence-electron chi connectivity index (χ4n) is 4.87. The lowest BCUT2D eigenvalue weighted by Crippen LogP contribution is -2.48. The van der Waals surface area contributed by atoms with Gasteiger partial charge in [-0.05, 0) is 50.6 Å². The molecule has 1 saturated heterocycles. The van der Waals surface area contributed by atoms with E-state index in [1.54, 1.807) is 20.1 Å². The topological polar surface area (TPSA) is 130 Å². The van der Waals surface area contributed by atoms with Gasteiger partial charge in [-0.1, -0.05) is 32.1 Å². The SMILES string of the molecule is C=C(CCC)N1N=C(c2cc(S(=O)(=O)N3CCN(c4ccccc4OC)CC3)ccc2OCC)NC(=O)/C1=C(\C)N. The van der Waals surface area contributed by atoms with Crippen LogP contribution in [0, 0.1) is 0 Å². The maximum Gasteiger partial charge on any atom is 0.277 e. The van der Waals surface area contributed by atoms with Crippen molar-refractivity contribution in [2.45, 2.75) is 38.5 Å². The average Bonchev–Trinajstić information content (AvgIpc) is 2.97. The third kappa shape index (κ3) is 6.18. The molecule has 11 nitrogen and oxygen atoms in total. The second-order valence-corrected chi connectivity index (χ2v) is 11.7. The van der Waals surface area contributed by atoms with E-state index in [1.165, 1.54) is 21.4 Å². The zero-order valence-electron chi connectivity index (χ0n) is 24.0. The van der Waals surface area contributed by atoms with Gasteiger partial charge < -0.3 is 25.4 Å². The van der Waals surface area contributed by atoms with Gasteiger partial charge in [0.05, 0.1) is 29.9 Å². The number of carbonyl (C=O) groups is 1. The van der Waals surface area contributed by atoms with Gasteiger partial charge in [0.2, 0.25) is 10.0 Å². The Morgan fingerprint density at radius 1 is 1.10 bits per heavy atom. The molecule has 2 aliphatic rings. The normalized spacial score (nSPS) is 17.6. The largest absolute Gasteiger partial charge is 0.495 e. The van der Waals surface area contributed by atoms with Crippen LogP contribution in [0.5, 0.6) is 11.5 Å². The molecule has 0 atom stereocenters. The Morgan fingerprint density at radius 2 is 1.80 bits per heavy atom. The molecule has 0 bridgehead atoms. The first kappa shape index (κ1) is 29.9. The van der Waals surface area contributed by atoms with Gasteiger partial charge in [-0.15, -0.1) is 5.10 Å². The molecular formula is C29H38N6O5S. The standard InChI is InChI=1S/C29H38N6O5S/c1-6-10-20(3)35-27(21(4)30)29(36)31-28(32-35)23-19-22(13-14-25(23)40-7-2)41(37,38)34-17-15-33(16-18-34)24-11-8-9-12-26(24)39-5/h8-9,11-14,19H,3,6-7,10,15-18,30H2,1-2,4-5H3,(H,31,32,36)/b27-21-. The molecule has 0 spiro atoms. The molecular weight excluding hydrogens is 544 g/mol. The first-order chi connectivity index (χ1) is 19.6. The van der Waals surface area contributed by atoms with Crippen molar-refractivity contribution in [2.75, 3.05) is 44.8 Å². The number of sulfonamides is 1. The molecule has 0 aliphatic carbocycles. The molecule has 2 aromatic carbocycles. The van der Waals surface area contributed by atoms with E-state index in [1.807, 2.05) is 38.1 Å². The maximum absolute atomic E-state index is 13.8. The highest BCUT2D eigenvalue weighted by Crippen LogP contribution is 2.31.